The van der Waals surface area contributed by atoms with Crippen LogP contribution in [-0.2, 0) is 11.2 Å². The van der Waals surface area contributed by atoms with Crippen molar-refractivity contribution in [2.24, 2.45) is 4.99 Å². The zero-order valence-electron chi connectivity index (χ0n) is 16.7. The van der Waals surface area contributed by atoms with E-state index >= 15 is 0 Å². The van der Waals surface area contributed by atoms with Gasteiger partial charge in [0.15, 0.2) is 17.6 Å². The molecule has 1 unspecified atom stereocenters. The molecule has 2 aromatic rings. The zero-order valence-corrected chi connectivity index (χ0v) is 19.9. The van der Waals surface area contributed by atoms with Crippen molar-refractivity contribution in [2.45, 2.75) is 33.2 Å². The number of aliphatic imine (C=N–C) groups is 1. The van der Waals surface area contributed by atoms with E-state index in [1.807, 2.05) is 6.92 Å². The lowest BCUT2D eigenvalue weighted by atomic mass is 10.1. The molecule has 0 spiro atoms. The van der Waals surface area contributed by atoms with Crippen LogP contribution >= 0.6 is 35.3 Å². The van der Waals surface area contributed by atoms with Crippen LogP contribution < -0.4 is 10.6 Å². The van der Waals surface area contributed by atoms with Crippen LogP contribution in [-0.4, -0.2) is 37.1 Å². The number of esters is 1. The van der Waals surface area contributed by atoms with Crippen LogP contribution in [0.5, 0.6) is 0 Å². The number of halogens is 3. The molecule has 160 valence electrons. The fourth-order valence-electron chi connectivity index (χ4n) is 2.51. The number of hydrogen-bond donors (Lipinski definition) is 2. The molecular formula is C19H25F2IN4O2S. The Morgan fingerprint density at radius 1 is 1.38 bits per heavy atom. The lowest BCUT2D eigenvalue weighted by molar-refractivity contribution is 0.0531. The average Bonchev–Trinajstić information content (AvgIpc) is 3.06. The number of rotatable bonds is 7. The SMILES string of the molecule is CCOC(=O)c1sc(C(C)NC(=NC)NCCc2cccc(F)c2F)nc1C.I. The topological polar surface area (TPSA) is 75.6 Å². The maximum Gasteiger partial charge on any atom is 0.350 e. The number of aryl methyl sites for hydroxylation is 1. The minimum atomic E-state index is -0.856. The first-order valence-corrected chi connectivity index (χ1v) is 9.73. The molecule has 0 amide bonds. The first-order chi connectivity index (χ1) is 13.4. The van der Waals surface area contributed by atoms with Gasteiger partial charge < -0.3 is 15.4 Å². The number of hydrogen-bond acceptors (Lipinski definition) is 5. The number of nitrogens with zero attached hydrogens (tertiary/aromatic N) is 2. The van der Waals surface area contributed by atoms with Gasteiger partial charge in [-0.3, -0.25) is 4.99 Å². The third kappa shape index (κ3) is 6.88. The number of ether oxygens (including phenoxy) is 1. The summed E-state index contributed by atoms with van der Waals surface area (Å²) < 4.78 is 32.0. The molecule has 1 aromatic heterocycles. The highest BCUT2D eigenvalue weighted by Crippen LogP contribution is 2.24. The van der Waals surface area contributed by atoms with Crippen molar-refractivity contribution >= 4 is 47.2 Å². The molecule has 0 saturated heterocycles. The molecule has 10 heteroatoms. The van der Waals surface area contributed by atoms with Crippen LogP contribution in [0.4, 0.5) is 8.78 Å². The Balaban J connectivity index is 0.00000420. The van der Waals surface area contributed by atoms with Crippen molar-refractivity contribution in [1.82, 2.24) is 15.6 Å². The first-order valence-electron chi connectivity index (χ1n) is 8.91. The second kappa shape index (κ2) is 12.0. The van der Waals surface area contributed by atoms with Gasteiger partial charge in [-0.15, -0.1) is 35.3 Å². The highest BCUT2D eigenvalue weighted by molar-refractivity contribution is 14.0. The van der Waals surface area contributed by atoms with Crippen LogP contribution in [0, 0.1) is 18.6 Å². The molecule has 2 rings (SSSR count). The Bertz CT molecular complexity index is 861. The van der Waals surface area contributed by atoms with E-state index in [1.165, 1.54) is 17.4 Å². The summed E-state index contributed by atoms with van der Waals surface area (Å²) in [6.07, 6.45) is 0.308. The minimum absolute atomic E-state index is 0. The van der Waals surface area contributed by atoms with Crippen LogP contribution in [0.1, 0.15) is 45.8 Å². The third-order valence-corrected chi connectivity index (χ3v) is 5.26. The van der Waals surface area contributed by atoms with Gasteiger partial charge in [0.25, 0.3) is 0 Å². The predicted molar refractivity (Wildman–Crippen MR) is 121 cm³/mol. The van der Waals surface area contributed by atoms with E-state index in [9.17, 15) is 13.6 Å². The summed E-state index contributed by atoms with van der Waals surface area (Å²) in [6, 6.07) is 3.92. The normalized spacial score (nSPS) is 12.1. The molecule has 0 aliphatic carbocycles. The molecular weight excluding hydrogens is 513 g/mol. The molecule has 0 fully saturated rings. The number of carbonyl (C=O) groups is 1. The zero-order chi connectivity index (χ0) is 20.7. The Labute approximate surface area is 190 Å². The highest BCUT2D eigenvalue weighted by atomic mass is 127. The Morgan fingerprint density at radius 2 is 2.10 bits per heavy atom. The molecule has 0 aliphatic rings. The van der Waals surface area contributed by atoms with E-state index in [0.717, 1.165) is 11.1 Å². The number of thiazole rings is 1. The Morgan fingerprint density at radius 3 is 2.76 bits per heavy atom. The van der Waals surface area contributed by atoms with Crippen molar-refractivity contribution in [1.29, 1.82) is 0 Å². The van der Waals surface area contributed by atoms with Crippen molar-refractivity contribution in [3.8, 4) is 0 Å². The van der Waals surface area contributed by atoms with E-state index in [4.69, 9.17) is 4.74 Å². The Hall–Kier alpha value is -1.82. The van der Waals surface area contributed by atoms with E-state index in [1.54, 1.807) is 27.0 Å². The van der Waals surface area contributed by atoms with Gasteiger partial charge in [-0.1, -0.05) is 12.1 Å². The van der Waals surface area contributed by atoms with Crippen LogP contribution in [0.3, 0.4) is 0 Å². The standard InChI is InChI=1S/C19H24F2N4O2S.HI/c1-5-27-18(26)16-11(2)24-17(28-16)12(3)25-19(22-4)23-10-9-13-7-6-8-14(20)15(13)21;/h6-8,12H,5,9-10H2,1-4H3,(H2,22,23,25);1H. The first kappa shape index (κ1) is 25.2. The molecule has 1 aromatic carbocycles. The summed E-state index contributed by atoms with van der Waals surface area (Å²) in [7, 11) is 1.61. The molecule has 1 atom stereocenters. The van der Waals surface area contributed by atoms with Gasteiger partial charge in [0.05, 0.1) is 18.3 Å². The second-order valence-electron chi connectivity index (χ2n) is 6.02. The average molecular weight is 538 g/mol. The molecule has 0 bridgehead atoms. The van der Waals surface area contributed by atoms with Gasteiger partial charge in [0.1, 0.15) is 9.88 Å². The monoisotopic (exact) mass is 538 g/mol. The van der Waals surface area contributed by atoms with Gasteiger partial charge in [-0.25, -0.2) is 18.6 Å². The summed E-state index contributed by atoms with van der Waals surface area (Å²) in [4.78, 5) is 21.0. The van der Waals surface area contributed by atoms with E-state index < -0.39 is 11.6 Å². The van der Waals surface area contributed by atoms with Gasteiger partial charge in [0, 0.05) is 13.6 Å². The number of carbonyl (C=O) groups excluding carboxylic acids is 1. The van der Waals surface area contributed by atoms with Crippen molar-refractivity contribution in [2.75, 3.05) is 20.2 Å². The molecule has 0 radical (unpaired) electrons. The van der Waals surface area contributed by atoms with Crippen LogP contribution in [0.2, 0.25) is 0 Å². The highest BCUT2D eigenvalue weighted by Gasteiger charge is 2.20. The van der Waals surface area contributed by atoms with Crippen LogP contribution in [0.15, 0.2) is 23.2 Å². The molecule has 1 heterocycles. The fraction of sp³-hybridized carbons (Fsp3) is 0.421. The molecule has 6 nitrogen and oxygen atoms in total. The van der Waals surface area contributed by atoms with Gasteiger partial charge >= 0.3 is 5.97 Å². The number of nitrogens with one attached hydrogen (secondary N) is 2. The third-order valence-electron chi connectivity index (χ3n) is 3.94. The largest absolute Gasteiger partial charge is 0.462 e. The molecule has 0 saturated carbocycles. The Kier molecular flexibility index (Phi) is 10.4. The molecule has 2 N–H and O–H groups in total. The summed E-state index contributed by atoms with van der Waals surface area (Å²) in [5, 5.41) is 6.96. The van der Waals surface area contributed by atoms with Crippen molar-refractivity contribution < 1.29 is 18.3 Å². The quantitative estimate of drug-likeness (QED) is 0.242. The summed E-state index contributed by atoms with van der Waals surface area (Å²) in [5.74, 6) is -1.57. The van der Waals surface area contributed by atoms with E-state index in [2.05, 4.69) is 20.6 Å². The fourth-order valence-corrected chi connectivity index (χ4v) is 3.47. The number of benzene rings is 1. The lowest BCUT2D eigenvalue weighted by Crippen LogP contribution is -2.39. The molecule has 0 aliphatic heterocycles. The maximum atomic E-state index is 13.7. The van der Waals surface area contributed by atoms with Crippen LogP contribution in [0.25, 0.3) is 0 Å². The maximum absolute atomic E-state index is 13.7. The minimum Gasteiger partial charge on any atom is -0.462 e. The van der Waals surface area contributed by atoms with Crippen molar-refractivity contribution in [3.63, 3.8) is 0 Å². The number of aromatic nitrogens is 1. The summed E-state index contributed by atoms with van der Waals surface area (Å²) in [6.45, 7) is 6.09. The number of guanidine groups is 1. The second-order valence-corrected chi connectivity index (χ2v) is 7.05. The van der Waals surface area contributed by atoms with Crippen molar-refractivity contribution in [3.05, 3.63) is 51.0 Å². The summed E-state index contributed by atoms with van der Waals surface area (Å²) in [5.41, 5.74) is 0.919. The summed E-state index contributed by atoms with van der Waals surface area (Å²) >= 11 is 1.27. The van der Waals surface area contributed by atoms with E-state index in [-0.39, 0.29) is 36.0 Å². The van der Waals surface area contributed by atoms with Gasteiger partial charge in [-0.2, -0.15) is 0 Å². The smallest absolute Gasteiger partial charge is 0.350 e. The van der Waals surface area contributed by atoms with Gasteiger partial charge in [-0.05, 0) is 38.8 Å². The van der Waals surface area contributed by atoms with Gasteiger partial charge in [0.2, 0.25) is 0 Å². The molecule has 29 heavy (non-hydrogen) atoms. The predicted octanol–water partition coefficient (Wildman–Crippen LogP) is 3.99. The van der Waals surface area contributed by atoms with E-state index in [0.29, 0.717) is 41.7 Å². The lowest BCUT2D eigenvalue weighted by Gasteiger charge is -2.16.